The largest absolute Gasteiger partial charge is 0.343 e. The highest BCUT2D eigenvalue weighted by atomic mass is 32.1. The van der Waals surface area contributed by atoms with Crippen LogP contribution in [-0.4, -0.2) is 33.4 Å². The second-order valence-electron chi connectivity index (χ2n) is 7.55. The fraction of sp³-hybridized carbons (Fsp3) is 0.409. The SMILES string of the molecule is CN(C(=O)CCn1cnc2sccc2c1=O)C1CCC(c2ccccc2)CC1. The lowest BCUT2D eigenvalue weighted by molar-refractivity contribution is -0.132. The van der Waals surface area contributed by atoms with Crippen molar-refractivity contribution in [1.82, 2.24) is 14.5 Å². The van der Waals surface area contributed by atoms with Gasteiger partial charge in [0.05, 0.1) is 11.7 Å². The molecule has 1 aliphatic rings. The van der Waals surface area contributed by atoms with E-state index in [-0.39, 0.29) is 11.5 Å². The van der Waals surface area contributed by atoms with Crippen molar-refractivity contribution in [2.24, 2.45) is 0 Å². The fourth-order valence-corrected chi connectivity index (χ4v) is 4.89. The van der Waals surface area contributed by atoms with Gasteiger partial charge in [0.1, 0.15) is 4.83 Å². The molecule has 1 aliphatic carbocycles. The Morgan fingerprint density at radius 3 is 2.68 bits per heavy atom. The fourth-order valence-electron chi connectivity index (χ4n) is 4.17. The summed E-state index contributed by atoms with van der Waals surface area (Å²) in [6, 6.07) is 12.7. The maximum atomic E-state index is 12.7. The molecule has 5 nitrogen and oxygen atoms in total. The van der Waals surface area contributed by atoms with Crippen molar-refractivity contribution < 1.29 is 4.79 Å². The number of carbonyl (C=O) groups is 1. The highest BCUT2D eigenvalue weighted by Gasteiger charge is 2.27. The van der Waals surface area contributed by atoms with E-state index in [1.54, 1.807) is 17.0 Å². The van der Waals surface area contributed by atoms with E-state index in [4.69, 9.17) is 0 Å². The van der Waals surface area contributed by atoms with Gasteiger partial charge < -0.3 is 4.90 Å². The van der Waals surface area contributed by atoms with Gasteiger partial charge in [-0.2, -0.15) is 0 Å². The Morgan fingerprint density at radius 2 is 1.93 bits per heavy atom. The zero-order valence-corrected chi connectivity index (χ0v) is 16.9. The predicted octanol–water partition coefficient (Wildman–Crippen LogP) is 4.03. The Kier molecular flexibility index (Phi) is 5.57. The average Bonchev–Trinajstić information content (AvgIpc) is 3.23. The summed E-state index contributed by atoms with van der Waals surface area (Å²) in [7, 11) is 1.90. The lowest BCUT2D eigenvalue weighted by Crippen LogP contribution is -2.39. The lowest BCUT2D eigenvalue weighted by Gasteiger charge is -2.35. The summed E-state index contributed by atoms with van der Waals surface area (Å²) in [5.74, 6) is 0.698. The normalized spacial score (nSPS) is 19.6. The number of carbonyl (C=O) groups excluding carboxylic acids is 1. The van der Waals surface area contributed by atoms with E-state index in [2.05, 4.69) is 35.3 Å². The number of hydrogen-bond donors (Lipinski definition) is 0. The van der Waals surface area contributed by atoms with Crippen LogP contribution in [0.3, 0.4) is 0 Å². The number of rotatable bonds is 5. The molecule has 1 aromatic carbocycles. The van der Waals surface area contributed by atoms with Crippen molar-refractivity contribution in [2.75, 3.05) is 7.05 Å². The summed E-state index contributed by atoms with van der Waals surface area (Å²) in [6.45, 7) is 0.375. The summed E-state index contributed by atoms with van der Waals surface area (Å²) >= 11 is 1.46. The molecule has 146 valence electrons. The van der Waals surface area contributed by atoms with Crippen LogP contribution in [0.1, 0.15) is 43.6 Å². The van der Waals surface area contributed by atoms with Gasteiger partial charge in [-0.05, 0) is 48.6 Å². The summed E-state index contributed by atoms with van der Waals surface area (Å²) in [5, 5.41) is 2.50. The van der Waals surface area contributed by atoms with E-state index in [0.29, 0.717) is 30.3 Å². The lowest BCUT2D eigenvalue weighted by atomic mass is 9.81. The molecule has 0 bridgehead atoms. The average molecular weight is 396 g/mol. The maximum Gasteiger partial charge on any atom is 0.262 e. The molecule has 0 unspecified atom stereocenters. The molecule has 28 heavy (non-hydrogen) atoms. The molecule has 3 aromatic rings. The first-order chi connectivity index (χ1) is 13.6. The Labute approximate surface area is 168 Å². The van der Waals surface area contributed by atoms with Gasteiger partial charge >= 0.3 is 0 Å². The minimum Gasteiger partial charge on any atom is -0.343 e. The number of amides is 1. The molecular formula is C22H25N3O2S. The van der Waals surface area contributed by atoms with Gasteiger partial charge in [0.15, 0.2) is 0 Å². The number of fused-ring (bicyclic) bond motifs is 1. The molecule has 0 spiro atoms. The topological polar surface area (TPSA) is 55.2 Å². The van der Waals surface area contributed by atoms with Gasteiger partial charge in [-0.15, -0.1) is 11.3 Å². The molecule has 1 saturated carbocycles. The smallest absolute Gasteiger partial charge is 0.262 e. The van der Waals surface area contributed by atoms with Crippen molar-refractivity contribution in [1.29, 1.82) is 0 Å². The summed E-state index contributed by atoms with van der Waals surface area (Å²) in [5.41, 5.74) is 1.34. The van der Waals surface area contributed by atoms with Crippen molar-refractivity contribution in [2.45, 2.75) is 50.6 Å². The van der Waals surface area contributed by atoms with Gasteiger partial charge in [-0.3, -0.25) is 14.2 Å². The zero-order chi connectivity index (χ0) is 19.5. The second kappa shape index (κ2) is 8.27. The van der Waals surface area contributed by atoms with E-state index in [9.17, 15) is 9.59 Å². The van der Waals surface area contributed by atoms with Crippen LogP contribution in [0.5, 0.6) is 0 Å². The summed E-state index contributed by atoms with van der Waals surface area (Å²) < 4.78 is 1.55. The van der Waals surface area contributed by atoms with Gasteiger partial charge in [0.25, 0.3) is 5.56 Å². The number of hydrogen-bond acceptors (Lipinski definition) is 4. The quantitative estimate of drug-likeness (QED) is 0.655. The molecular weight excluding hydrogens is 370 g/mol. The number of thiophene rings is 1. The van der Waals surface area contributed by atoms with E-state index < -0.39 is 0 Å². The third-order valence-corrected chi connectivity index (χ3v) is 6.75. The minimum absolute atomic E-state index is 0.0647. The Morgan fingerprint density at radius 1 is 1.18 bits per heavy atom. The first kappa shape index (κ1) is 18.9. The number of aromatic nitrogens is 2. The van der Waals surface area contributed by atoms with Crippen molar-refractivity contribution in [3.05, 3.63) is 64.0 Å². The van der Waals surface area contributed by atoms with Crippen LogP contribution in [-0.2, 0) is 11.3 Å². The molecule has 1 fully saturated rings. The van der Waals surface area contributed by atoms with Crippen LogP contribution in [0.4, 0.5) is 0 Å². The van der Waals surface area contributed by atoms with Gasteiger partial charge in [-0.25, -0.2) is 4.98 Å². The van der Waals surface area contributed by atoms with Crippen LogP contribution in [0.25, 0.3) is 10.2 Å². The van der Waals surface area contributed by atoms with Crippen molar-refractivity contribution in [3.8, 4) is 0 Å². The molecule has 4 rings (SSSR count). The Bertz CT molecular complexity index is 1000. The molecule has 6 heteroatoms. The van der Waals surface area contributed by atoms with E-state index in [1.807, 2.05) is 17.3 Å². The molecule has 1 amide bonds. The first-order valence-corrected chi connectivity index (χ1v) is 10.7. The number of benzene rings is 1. The maximum absolute atomic E-state index is 12.7. The summed E-state index contributed by atoms with van der Waals surface area (Å²) in [4.78, 5) is 32.1. The Hall–Kier alpha value is -2.47. The molecule has 2 aromatic heterocycles. The predicted molar refractivity (Wildman–Crippen MR) is 113 cm³/mol. The van der Waals surface area contributed by atoms with Crippen molar-refractivity contribution >= 4 is 27.5 Å². The summed E-state index contributed by atoms with van der Waals surface area (Å²) in [6.07, 6.45) is 6.18. The second-order valence-corrected chi connectivity index (χ2v) is 8.45. The van der Waals surface area contributed by atoms with E-state index in [0.717, 1.165) is 30.5 Å². The standard InChI is InChI=1S/C22H25N3O2S/c1-24(18-9-7-17(8-10-18)16-5-3-2-4-6-16)20(26)11-13-25-15-23-21-19(22(25)27)12-14-28-21/h2-6,12,14-15,17-18H,7-11,13H2,1H3. The third kappa shape index (κ3) is 3.87. The van der Waals surface area contributed by atoms with E-state index in [1.165, 1.54) is 16.9 Å². The van der Waals surface area contributed by atoms with Gasteiger partial charge in [0, 0.05) is 26.1 Å². The molecule has 0 aliphatic heterocycles. The van der Waals surface area contributed by atoms with Crippen molar-refractivity contribution in [3.63, 3.8) is 0 Å². The highest BCUT2D eigenvalue weighted by Crippen LogP contribution is 2.34. The molecule has 0 N–H and O–H groups in total. The van der Waals surface area contributed by atoms with Gasteiger partial charge in [0.2, 0.25) is 5.91 Å². The van der Waals surface area contributed by atoms with Crippen LogP contribution in [0, 0.1) is 0 Å². The molecule has 0 saturated heterocycles. The minimum atomic E-state index is -0.0647. The van der Waals surface area contributed by atoms with Crippen LogP contribution < -0.4 is 5.56 Å². The molecule has 2 heterocycles. The zero-order valence-electron chi connectivity index (χ0n) is 16.1. The molecule has 0 atom stereocenters. The van der Waals surface area contributed by atoms with E-state index >= 15 is 0 Å². The first-order valence-electron chi connectivity index (χ1n) is 9.86. The third-order valence-electron chi connectivity index (χ3n) is 5.93. The number of nitrogens with zero attached hydrogens (tertiary/aromatic N) is 3. The highest BCUT2D eigenvalue weighted by molar-refractivity contribution is 7.16. The van der Waals surface area contributed by atoms with Crippen LogP contribution in [0.2, 0.25) is 0 Å². The Balaban J connectivity index is 1.32. The van der Waals surface area contributed by atoms with Crippen LogP contribution >= 0.6 is 11.3 Å². The monoisotopic (exact) mass is 395 g/mol. The molecule has 0 radical (unpaired) electrons. The van der Waals surface area contributed by atoms with Gasteiger partial charge in [-0.1, -0.05) is 30.3 Å². The number of aryl methyl sites for hydroxylation is 1. The van der Waals surface area contributed by atoms with Crippen LogP contribution in [0.15, 0.2) is 52.9 Å².